The van der Waals surface area contributed by atoms with E-state index in [9.17, 15) is 0 Å². The smallest absolute Gasteiger partial charge is 0.263 e. The van der Waals surface area contributed by atoms with Crippen LogP contribution in [-0.4, -0.2) is 0 Å². The van der Waals surface area contributed by atoms with E-state index in [-0.39, 0.29) is 16.5 Å². The summed E-state index contributed by atoms with van der Waals surface area (Å²) >= 11 is 3.39. The topological polar surface area (TPSA) is 31.4 Å². The van der Waals surface area contributed by atoms with E-state index in [1.54, 1.807) is 28.7 Å². The molecule has 3 aromatic carbocycles. The van der Waals surface area contributed by atoms with E-state index in [0.29, 0.717) is 0 Å². The lowest BCUT2D eigenvalue weighted by atomic mass is 9.87. The Balaban J connectivity index is 1.61. The van der Waals surface area contributed by atoms with Gasteiger partial charge in [-0.1, -0.05) is 65.8 Å². The minimum Gasteiger partial charge on any atom is -0.302 e. The predicted octanol–water partition coefficient (Wildman–Crippen LogP) is 11.0. The van der Waals surface area contributed by atoms with Crippen molar-refractivity contribution in [1.29, 1.82) is 5.26 Å². The highest BCUT2D eigenvalue weighted by atomic mass is 32.1. The van der Waals surface area contributed by atoms with Gasteiger partial charge in [-0.25, -0.2) is 10.1 Å². The SMILES string of the molecule is [C-]#[N+]/C(C#N)=C\c1cc2cc3sc(N(c4ccc(C(C)(C)C)cc4)c4ccc(C(C)(C)C)cc4)cc3cc2s1. The molecular weight excluding hydrogens is 515 g/mol. The summed E-state index contributed by atoms with van der Waals surface area (Å²) < 4.78 is 2.36. The van der Waals surface area contributed by atoms with Gasteiger partial charge in [0, 0.05) is 25.7 Å². The highest BCUT2D eigenvalue weighted by molar-refractivity contribution is 7.23. The third-order valence-corrected chi connectivity index (χ3v) is 9.01. The van der Waals surface area contributed by atoms with Crippen LogP contribution in [0.3, 0.4) is 0 Å². The lowest BCUT2D eigenvalue weighted by Gasteiger charge is -2.26. The Kier molecular flexibility index (Phi) is 6.85. The monoisotopic (exact) mass is 545 g/mol. The van der Waals surface area contributed by atoms with Crippen LogP contribution in [0.1, 0.15) is 57.5 Å². The Labute approximate surface area is 239 Å². The summed E-state index contributed by atoms with van der Waals surface area (Å²) in [6, 6.07) is 28.6. The molecule has 0 amide bonds. The summed E-state index contributed by atoms with van der Waals surface area (Å²) in [6.45, 7) is 20.6. The molecular formula is C34H31N3S2. The number of anilines is 3. The second kappa shape index (κ2) is 10.0. The highest BCUT2D eigenvalue weighted by Crippen LogP contribution is 2.44. The maximum absolute atomic E-state index is 9.13. The summed E-state index contributed by atoms with van der Waals surface area (Å²) in [6.07, 6.45) is 1.67. The lowest BCUT2D eigenvalue weighted by Crippen LogP contribution is -2.13. The molecule has 5 heteroatoms. The van der Waals surface area contributed by atoms with Crippen LogP contribution in [0.25, 0.3) is 31.1 Å². The van der Waals surface area contributed by atoms with Gasteiger partial charge in [-0.3, -0.25) is 0 Å². The van der Waals surface area contributed by atoms with E-state index in [2.05, 4.69) is 124 Å². The van der Waals surface area contributed by atoms with Gasteiger partial charge in [-0.2, -0.15) is 0 Å². The Morgan fingerprint density at radius 1 is 0.769 bits per heavy atom. The Morgan fingerprint density at radius 2 is 1.26 bits per heavy atom. The number of hydrogen-bond acceptors (Lipinski definition) is 4. The molecule has 2 heterocycles. The van der Waals surface area contributed by atoms with E-state index < -0.39 is 0 Å². The van der Waals surface area contributed by atoms with Crippen molar-refractivity contribution < 1.29 is 0 Å². The molecule has 0 saturated carbocycles. The molecule has 0 aliphatic heterocycles. The van der Waals surface area contributed by atoms with Crippen molar-refractivity contribution in [3.8, 4) is 6.07 Å². The standard InChI is InChI=1S/C34H31N3S2/c1-33(2,3)24-8-12-27(13-9-24)37(28-14-10-25(11-15-28)34(4,5)6)32-19-23-18-30-22(17-31(23)39-32)16-29(38-30)20-26(21-35)36-7/h8-20H,1-6H3/b26-20-. The molecule has 0 N–H and O–H groups in total. The molecule has 0 bridgehead atoms. The van der Waals surface area contributed by atoms with Gasteiger partial charge in [0.25, 0.3) is 5.70 Å². The minimum absolute atomic E-state index is 0.0951. The van der Waals surface area contributed by atoms with Gasteiger partial charge in [0.2, 0.25) is 0 Å². The van der Waals surface area contributed by atoms with E-state index in [0.717, 1.165) is 31.3 Å². The summed E-state index contributed by atoms with van der Waals surface area (Å²) in [5, 5.41) is 12.6. The van der Waals surface area contributed by atoms with Crippen molar-refractivity contribution in [1.82, 2.24) is 0 Å². The van der Waals surface area contributed by atoms with Gasteiger partial charge >= 0.3 is 0 Å². The average molecular weight is 546 g/mol. The maximum Gasteiger partial charge on any atom is 0.263 e. The molecule has 0 spiro atoms. The van der Waals surface area contributed by atoms with E-state index >= 15 is 0 Å². The molecule has 5 rings (SSSR count). The first-order chi connectivity index (χ1) is 18.5. The van der Waals surface area contributed by atoms with Crippen LogP contribution in [0.15, 0.2) is 78.5 Å². The van der Waals surface area contributed by atoms with Crippen molar-refractivity contribution in [2.45, 2.75) is 52.4 Å². The van der Waals surface area contributed by atoms with Crippen molar-refractivity contribution in [2.24, 2.45) is 0 Å². The summed E-state index contributed by atoms with van der Waals surface area (Å²) in [7, 11) is 0. The van der Waals surface area contributed by atoms with Crippen molar-refractivity contribution in [2.75, 3.05) is 4.90 Å². The molecule has 0 aliphatic rings. The zero-order chi connectivity index (χ0) is 27.9. The van der Waals surface area contributed by atoms with Gasteiger partial charge in [0.15, 0.2) is 0 Å². The maximum atomic E-state index is 9.13. The zero-order valence-electron chi connectivity index (χ0n) is 23.2. The second-order valence-corrected chi connectivity index (χ2v) is 14.0. The van der Waals surface area contributed by atoms with Crippen LogP contribution in [0.4, 0.5) is 16.4 Å². The normalized spacial score (nSPS) is 12.5. The van der Waals surface area contributed by atoms with Gasteiger partial charge in [0.1, 0.15) is 5.00 Å². The van der Waals surface area contributed by atoms with Gasteiger partial charge in [0.05, 0.1) is 12.6 Å². The van der Waals surface area contributed by atoms with Crippen molar-refractivity contribution in [3.63, 3.8) is 0 Å². The molecule has 0 radical (unpaired) electrons. The Morgan fingerprint density at radius 3 is 1.72 bits per heavy atom. The number of allylic oxidation sites excluding steroid dienone is 1. The van der Waals surface area contributed by atoms with Crippen molar-refractivity contribution in [3.05, 3.63) is 106 Å². The molecule has 2 aromatic heterocycles. The van der Waals surface area contributed by atoms with E-state index in [4.69, 9.17) is 11.8 Å². The van der Waals surface area contributed by atoms with Crippen LogP contribution in [0.2, 0.25) is 0 Å². The average Bonchev–Trinajstić information content (AvgIpc) is 3.47. The number of thiophene rings is 2. The first kappa shape index (κ1) is 26.7. The van der Waals surface area contributed by atoms with E-state index in [1.165, 1.54) is 21.2 Å². The first-order valence-electron chi connectivity index (χ1n) is 12.9. The molecule has 0 aliphatic carbocycles. The molecule has 0 atom stereocenters. The second-order valence-electron chi connectivity index (χ2n) is 11.8. The minimum atomic E-state index is 0.0951. The number of nitriles is 1. The summed E-state index contributed by atoms with van der Waals surface area (Å²) in [5.74, 6) is 0. The quantitative estimate of drug-likeness (QED) is 0.166. The van der Waals surface area contributed by atoms with Crippen LogP contribution in [-0.2, 0) is 10.8 Å². The fourth-order valence-corrected chi connectivity index (χ4v) is 6.78. The summed E-state index contributed by atoms with van der Waals surface area (Å²) in [5.41, 5.74) is 5.19. The largest absolute Gasteiger partial charge is 0.302 e. The van der Waals surface area contributed by atoms with Crippen molar-refractivity contribution >= 4 is 65.3 Å². The van der Waals surface area contributed by atoms with Gasteiger partial charge in [-0.15, -0.1) is 22.7 Å². The molecule has 39 heavy (non-hydrogen) atoms. The first-order valence-corrected chi connectivity index (χ1v) is 14.6. The van der Waals surface area contributed by atoms with Crippen LogP contribution < -0.4 is 4.90 Å². The predicted molar refractivity (Wildman–Crippen MR) is 169 cm³/mol. The fraction of sp³-hybridized carbons (Fsp3) is 0.235. The lowest BCUT2D eigenvalue weighted by molar-refractivity contribution is 0.590. The molecule has 0 fully saturated rings. The zero-order valence-corrected chi connectivity index (χ0v) is 24.8. The highest BCUT2D eigenvalue weighted by Gasteiger charge is 2.20. The molecule has 3 nitrogen and oxygen atoms in total. The van der Waals surface area contributed by atoms with E-state index in [1.807, 2.05) is 6.07 Å². The molecule has 194 valence electrons. The Hall–Kier alpha value is -3.90. The van der Waals surface area contributed by atoms with Crippen LogP contribution in [0, 0.1) is 17.9 Å². The molecule has 0 unspecified atom stereocenters. The molecule has 0 saturated heterocycles. The van der Waals surface area contributed by atoms with Gasteiger partial charge in [-0.05, 0) is 87.3 Å². The number of fused-ring (bicyclic) bond motifs is 2. The number of hydrogen-bond donors (Lipinski definition) is 0. The Bertz CT molecular complexity index is 1650. The van der Waals surface area contributed by atoms with Crippen LogP contribution in [0.5, 0.6) is 0 Å². The fourth-order valence-electron chi connectivity index (χ4n) is 4.61. The third kappa shape index (κ3) is 5.48. The van der Waals surface area contributed by atoms with Crippen LogP contribution >= 0.6 is 22.7 Å². The number of benzene rings is 3. The summed E-state index contributed by atoms with van der Waals surface area (Å²) in [4.78, 5) is 6.57. The number of rotatable bonds is 4. The van der Waals surface area contributed by atoms with Gasteiger partial charge < -0.3 is 4.90 Å². The third-order valence-electron chi connectivity index (χ3n) is 6.88. The number of nitrogens with zero attached hydrogens (tertiary/aromatic N) is 3. The molecule has 5 aromatic rings.